The SMILES string of the molecule is O=C1CNc2cc(Cl)c(Cl)cc2N1CCN1CCCC1. The molecule has 1 saturated heterocycles. The number of nitrogens with one attached hydrogen (secondary N) is 1. The van der Waals surface area contributed by atoms with E-state index in [1.54, 1.807) is 12.1 Å². The van der Waals surface area contributed by atoms with Crippen LogP contribution in [-0.4, -0.2) is 43.5 Å². The number of benzene rings is 1. The Morgan fingerprint density at radius 1 is 1.10 bits per heavy atom. The Balaban J connectivity index is 1.79. The lowest BCUT2D eigenvalue weighted by Gasteiger charge is -2.31. The first-order chi connectivity index (χ1) is 9.65. The van der Waals surface area contributed by atoms with Gasteiger partial charge in [0.1, 0.15) is 0 Å². The summed E-state index contributed by atoms with van der Waals surface area (Å²) in [5, 5.41) is 4.08. The molecule has 0 spiro atoms. The highest BCUT2D eigenvalue weighted by Crippen LogP contribution is 2.36. The lowest BCUT2D eigenvalue weighted by atomic mass is 10.2. The Labute approximate surface area is 128 Å². The van der Waals surface area contributed by atoms with Crippen LogP contribution < -0.4 is 10.2 Å². The molecule has 1 aromatic rings. The predicted molar refractivity (Wildman–Crippen MR) is 83.0 cm³/mol. The van der Waals surface area contributed by atoms with E-state index in [9.17, 15) is 4.79 Å². The minimum absolute atomic E-state index is 0.0788. The summed E-state index contributed by atoms with van der Waals surface area (Å²) < 4.78 is 0. The van der Waals surface area contributed by atoms with Gasteiger partial charge in [0.15, 0.2) is 0 Å². The van der Waals surface area contributed by atoms with E-state index in [-0.39, 0.29) is 5.91 Å². The standard InChI is InChI=1S/C14H17Cl2N3O/c15-10-7-12-13(8-11(10)16)19(14(20)9-17-12)6-5-18-3-1-2-4-18/h7-8,17H,1-6,9H2. The van der Waals surface area contributed by atoms with Crippen LogP contribution in [0.3, 0.4) is 0 Å². The first-order valence-corrected chi connectivity index (χ1v) is 7.66. The summed E-state index contributed by atoms with van der Waals surface area (Å²) in [5.41, 5.74) is 1.70. The van der Waals surface area contributed by atoms with Gasteiger partial charge in [0.2, 0.25) is 5.91 Å². The van der Waals surface area contributed by atoms with E-state index in [0.717, 1.165) is 31.0 Å². The maximum atomic E-state index is 12.1. The van der Waals surface area contributed by atoms with Gasteiger partial charge in [-0.25, -0.2) is 0 Å². The molecule has 1 amide bonds. The van der Waals surface area contributed by atoms with E-state index >= 15 is 0 Å². The van der Waals surface area contributed by atoms with Crippen molar-refractivity contribution in [3.8, 4) is 0 Å². The molecule has 0 aromatic heterocycles. The largest absolute Gasteiger partial charge is 0.374 e. The molecule has 0 saturated carbocycles. The molecule has 3 rings (SSSR count). The van der Waals surface area contributed by atoms with Gasteiger partial charge in [-0.05, 0) is 38.1 Å². The predicted octanol–water partition coefficient (Wildman–Crippen LogP) is 2.85. The Kier molecular flexibility index (Phi) is 4.06. The fourth-order valence-electron chi connectivity index (χ4n) is 2.79. The van der Waals surface area contributed by atoms with Crippen molar-refractivity contribution in [3.05, 3.63) is 22.2 Å². The van der Waals surface area contributed by atoms with Gasteiger partial charge in [-0.1, -0.05) is 23.2 Å². The first kappa shape index (κ1) is 14.0. The summed E-state index contributed by atoms with van der Waals surface area (Å²) in [5.74, 6) is 0.0788. The Bertz CT molecular complexity index is 529. The summed E-state index contributed by atoms with van der Waals surface area (Å²) >= 11 is 12.1. The van der Waals surface area contributed by atoms with Gasteiger partial charge in [-0.15, -0.1) is 0 Å². The Morgan fingerprint density at radius 3 is 2.55 bits per heavy atom. The second-order valence-electron chi connectivity index (χ2n) is 5.23. The molecule has 108 valence electrons. The molecule has 0 radical (unpaired) electrons. The van der Waals surface area contributed by atoms with E-state index in [4.69, 9.17) is 23.2 Å². The number of fused-ring (bicyclic) bond motifs is 1. The maximum absolute atomic E-state index is 12.1. The van der Waals surface area contributed by atoms with Crippen LogP contribution in [0.5, 0.6) is 0 Å². The van der Waals surface area contributed by atoms with Crippen molar-refractivity contribution < 1.29 is 4.79 Å². The number of amides is 1. The molecule has 0 atom stereocenters. The lowest BCUT2D eigenvalue weighted by Crippen LogP contribution is -2.43. The highest BCUT2D eigenvalue weighted by molar-refractivity contribution is 6.42. The third-order valence-electron chi connectivity index (χ3n) is 3.90. The smallest absolute Gasteiger partial charge is 0.246 e. The number of likely N-dealkylation sites (tertiary alicyclic amines) is 1. The Hall–Kier alpha value is -0.970. The highest BCUT2D eigenvalue weighted by atomic mass is 35.5. The molecule has 2 heterocycles. The topological polar surface area (TPSA) is 35.6 Å². The molecular weight excluding hydrogens is 297 g/mol. The molecule has 0 bridgehead atoms. The fraction of sp³-hybridized carbons (Fsp3) is 0.500. The second kappa shape index (κ2) is 5.80. The number of hydrogen-bond acceptors (Lipinski definition) is 3. The van der Waals surface area contributed by atoms with Crippen LogP contribution in [0.1, 0.15) is 12.8 Å². The highest BCUT2D eigenvalue weighted by Gasteiger charge is 2.25. The number of carbonyl (C=O) groups is 1. The van der Waals surface area contributed by atoms with Gasteiger partial charge in [0.05, 0.1) is 28.0 Å². The van der Waals surface area contributed by atoms with Crippen LogP contribution in [0.2, 0.25) is 10.0 Å². The van der Waals surface area contributed by atoms with Crippen LogP contribution in [0.4, 0.5) is 11.4 Å². The molecule has 0 unspecified atom stereocenters. The molecule has 2 aliphatic rings. The monoisotopic (exact) mass is 313 g/mol. The maximum Gasteiger partial charge on any atom is 0.246 e. The second-order valence-corrected chi connectivity index (χ2v) is 6.05. The van der Waals surface area contributed by atoms with Gasteiger partial charge >= 0.3 is 0 Å². The molecule has 1 N–H and O–H groups in total. The summed E-state index contributed by atoms with van der Waals surface area (Å²) in [6, 6.07) is 3.56. The molecule has 6 heteroatoms. The zero-order chi connectivity index (χ0) is 14.1. The number of hydrogen-bond donors (Lipinski definition) is 1. The van der Waals surface area contributed by atoms with E-state index in [1.165, 1.54) is 12.8 Å². The normalized spacial score (nSPS) is 19.1. The van der Waals surface area contributed by atoms with Crippen molar-refractivity contribution in [1.29, 1.82) is 0 Å². The molecule has 20 heavy (non-hydrogen) atoms. The average Bonchev–Trinajstić information content (AvgIpc) is 2.93. The van der Waals surface area contributed by atoms with Crippen molar-refractivity contribution in [1.82, 2.24) is 4.90 Å². The summed E-state index contributed by atoms with van der Waals surface area (Å²) in [7, 11) is 0. The first-order valence-electron chi connectivity index (χ1n) is 6.91. The average molecular weight is 314 g/mol. The van der Waals surface area contributed by atoms with E-state index in [1.807, 2.05) is 4.90 Å². The molecular formula is C14H17Cl2N3O. The zero-order valence-corrected chi connectivity index (χ0v) is 12.7. The third kappa shape index (κ3) is 2.73. The number of nitrogens with zero attached hydrogens (tertiary/aromatic N) is 2. The minimum atomic E-state index is 0.0788. The number of rotatable bonds is 3. The molecule has 1 fully saturated rings. The van der Waals surface area contributed by atoms with Crippen molar-refractivity contribution in [2.45, 2.75) is 12.8 Å². The van der Waals surface area contributed by atoms with E-state index < -0.39 is 0 Å². The van der Waals surface area contributed by atoms with E-state index in [2.05, 4.69) is 10.2 Å². The minimum Gasteiger partial charge on any atom is -0.374 e. The molecule has 0 aliphatic carbocycles. The van der Waals surface area contributed by atoms with Gasteiger partial charge < -0.3 is 15.1 Å². The van der Waals surface area contributed by atoms with Crippen molar-refractivity contribution in [3.63, 3.8) is 0 Å². The summed E-state index contributed by atoms with van der Waals surface area (Å²) in [6.45, 7) is 4.19. The van der Waals surface area contributed by atoms with Gasteiger partial charge in [-0.2, -0.15) is 0 Å². The van der Waals surface area contributed by atoms with Gasteiger partial charge in [0.25, 0.3) is 0 Å². The third-order valence-corrected chi connectivity index (χ3v) is 4.62. The van der Waals surface area contributed by atoms with Crippen molar-refractivity contribution >= 4 is 40.5 Å². The molecule has 4 nitrogen and oxygen atoms in total. The quantitative estimate of drug-likeness (QED) is 0.932. The van der Waals surface area contributed by atoms with Crippen molar-refractivity contribution in [2.24, 2.45) is 0 Å². The van der Waals surface area contributed by atoms with Gasteiger partial charge in [-0.3, -0.25) is 4.79 Å². The molecule has 1 aromatic carbocycles. The number of anilines is 2. The molecule has 2 aliphatic heterocycles. The van der Waals surface area contributed by atoms with Crippen LogP contribution in [-0.2, 0) is 4.79 Å². The zero-order valence-electron chi connectivity index (χ0n) is 11.2. The van der Waals surface area contributed by atoms with Crippen LogP contribution in [0.15, 0.2) is 12.1 Å². The van der Waals surface area contributed by atoms with Crippen LogP contribution in [0, 0.1) is 0 Å². The summed E-state index contributed by atoms with van der Waals surface area (Å²) in [6.07, 6.45) is 2.51. The van der Waals surface area contributed by atoms with E-state index in [0.29, 0.717) is 23.1 Å². The number of halogens is 2. The summed E-state index contributed by atoms with van der Waals surface area (Å²) in [4.78, 5) is 16.3. The van der Waals surface area contributed by atoms with Crippen LogP contribution >= 0.6 is 23.2 Å². The van der Waals surface area contributed by atoms with Crippen LogP contribution in [0.25, 0.3) is 0 Å². The fourth-order valence-corrected chi connectivity index (χ4v) is 3.12. The Morgan fingerprint density at radius 2 is 1.80 bits per heavy atom. The van der Waals surface area contributed by atoms with Gasteiger partial charge in [0, 0.05) is 13.1 Å². The lowest BCUT2D eigenvalue weighted by molar-refractivity contribution is -0.117. The van der Waals surface area contributed by atoms with Crippen molar-refractivity contribution in [2.75, 3.05) is 42.9 Å². The number of carbonyl (C=O) groups excluding carboxylic acids is 1.